The third kappa shape index (κ3) is 3.66. The number of benzene rings is 2. The first-order valence-electron chi connectivity index (χ1n) is 9.25. The molecule has 2 heterocycles. The van der Waals surface area contributed by atoms with Crippen LogP contribution in [0, 0.1) is 0 Å². The van der Waals surface area contributed by atoms with Gasteiger partial charge in [-0.3, -0.25) is 4.79 Å². The molecule has 3 N–H and O–H groups in total. The standard InChI is InChI=1S/C21H24N4O2/c1-27-15-6-4-5-14(11-15)16-12-25(13-17(16)22)21(26)10-9-20-23-18-7-2-3-8-19(18)24-20/h2-8,11,16-17H,9-10,12-13,22H2,1H3,(H,23,24)/t16-,17+/m1/s1. The van der Waals surface area contributed by atoms with Gasteiger partial charge in [0.2, 0.25) is 5.91 Å². The molecule has 3 aromatic rings. The highest BCUT2D eigenvalue weighted by Crippen LogP contribution is 2.29. The molecule has 0 unspecified atom stereocenters. The Balaban J connectivity index is 1.39. The molecular formula is C21H24N4O2. The number of imidazole rings is 1. The lowest BCUT2D eigenvalue weighted by molar-refractivity contribution is -0.130. The van der Waals surface area contributed by atoms with Crippen molar-refractivity contribution >= 4 is 16.9 Å². The van der Waals surface area contributed by atoms with Crippen LogP contribution in [-0.2, 0) is 11.2 Å². The lowest BCUT2D eigenvalue weighted by Crippen LogP contribution is -2.32. The molecule has 0 radical (unpaired) electrons. The van der Waals surface area contributed by atoms with E-state index in [9.17, 15) is 4.79 Å². The summed E-state index contributed by atoms with van der Waals surface area (Å²) < 4.78 is 5.30. The summed E-state index contributed by atoms with van der Waals surface area (Å²) in [5, 5.41) is 0. The number of nitrogens with two attached hydrogens (primary N) is 1. The summed E-state index contributed by atoms with van der Waals surface area (Å²) in [5.74, 6) is 1.92. The molecule has 0 aliphatic carbocycles. The predicted molar refractivity (Wildman–Crippen MR) is 105 cm³/mol. The van der Waals surface area contributed by atoms with Gasteiger partial charge in [0.05, 0.1) is 18.1 Å². The second kappa shape index (κ2) is 7.40. The number of aromatic amines is 1. The van der Waals surface area contributed by atoms with Gasteiger partial charge in [-0.25, -0.2) is 4.98 Å². The Labute approximate surface area is 158 Å². The summed E-state index contributed by atoms with van der Waals surface area (Å²) in [6.07, 6.45) is 1.03. The smallest absolute Gasteiger partial charge is 0.223 e. The zero-order chi connectivity index (χ0) is 18.8. The van der Waals surface area contributed by atoms with Crippen LogP contribution >= 0.6 is 0 Å². The molecule has 1 aliphatic rings. The molecule has 0 bridgehead atoms. The fourth-order valence-electron chi connectivity index (χ4n) is 3.76. The van der Waals surface area contributed by atoms with Crippen LogP contribution in [0.5, 0.6) is 5.75 Å². The first kappa shape index (κ1) is 17.5. The molecule has 2 aromatic carbocycles. The summed E-state index contributed by atoms with van der Waals surface area (Å²) in [6, 6.07) is 15.8. The summed E-state index contributed by atoms with van der Waals surface area (Å²) in [6.45, 7) is 1.23. The second-order valence-electron chi connectivity index (χ2n) is 7.05. The highest BCUT2D eigenvalue weighted by molar-refractivity contribution is 5.78. The largest absolute Gasteiger partial charge is 0.497 e. The number of para-hydroxylation sites is 2. The lowest BCUT2D eigenvalue weighted by Gasteiger charge is -2.16. The van der Waals surface area contributed by atoms with Gasteiger partial charge in [0.15, 0.2) is 0 Å². The van der Waals surface area contributed by atoms with E-state index in [-0.39, 0.29) is 17.9 Å². The number of methoxy groups -OCH3 is 1. The van der Waals surface area contributed by atoms with E-state index in [1.807, 2.05) is 47.4 Å². The van der Waals surface area contributed by atoms with Crippen molar-refractivity contribution in [2.45, 2.75) is 24.8 Å². The number of aromatic nitrogens is 2. The predicted octanol–water partition coefficient (Wildman–Crippen LogP) is 2.46. The van der Waals surface area contributed by atoms with Crippen molar-refractivity contribution in [3.63, 3.8) is 0 Å². The summed E-state index contributed by atoms with van der Waals surface area (Å²) in [5.41, 5.74) is 9.39. The van der Waals surface area contributed by atoms with Crippen molar-refractivity contribution in [3.8, 4) is 5.75 Å². The monoisotopic (exact) mass is 364 g/mol. The van der Waals surface area contributed by atoms with Crippen LogP contribution < -0.4 is 10.5 Å². The van der Waals surface area contributed by atoms with Crippen LogP contribution in [0.2, 0.25) is 0 Å². The Morgan fingerprint density at radius 2 is 2.11 bits per heavy atom. The van der Waals surface area contributed by atoms with Crippen molar-refractivity contribution in [2.75, 3.05) is 20.2 Å². The molecule has 0 saturated carbocycles. The minimum absolute atomic E-state index is 0.0627. The zero-order valence-corrected chi connectivity index (χ0v) is 15.4. The number of carbonyl (C=O) groups is 1. The Kier molecular flexibility index (Phi) is 4.81. The van der Waals surface area contributed by atoms with Crippen LogP contribution in [0.15, 0.2) is 48.5 Å². The maximum Gasteiger partial charge on any atom is 0.223 e. The highest BCUT2D eigenvalue weighted by atomic mass is 16.5. The number of carbonyl (C=O) groups excluding carboxylic acids is 1. The van der Waals surface area contributed by atoms with Gasteiger partial charge in [0, 0.05) is 37.9 Å². The Morgan fingerprint density at radius 3 is 2.93 bits per heavy atom. The van der Waals surface area contributed by atoms with Gasteiger partial charge < -0.3 is 20.4 Å². The van der Waals surface area contributed by atoms with Gasteiger partial charge in [-0.1, -0.05) is 24.3 Å². The number of nitrogens with zero attached hydrogens (tertiary/aromatic N) is 2. The van der Waals surface area contributed by atoms with Crippen LogP contribution in [0.1, 0.15) is 23.7 Å². The first-order valence-corrected chi connectivity index (χ1v) is 9.25. The number of fused-ring (bicyclic) bond motifs is 1. The highest BCUT2D eigenvalue weighted by Gasteiger charge is 2.33. The lowest BCUT2D eigenvalue weighted by atomic mass is 9.95. The number of ether oxygens (including phenoxy) is 1. The summed E-state index contributed by atoms with van der Waals surface area (Å²) in [7, 11) is 1.65. The number of amides is 1. The van der Waals surface area contributed by atoms with Crippen LogP contribution in [0.3, 0.4) is 0 Å². The molecule has 1 aromatic heterocycles. The fourth-order valence-corrected chi connectivity index (χ4v) is 3.76. The third-order valence-electron chi connectivity index (χ3n) is 5.25. The minimum atomic E-state index is -0.0627. The molecule has 1 fully saturated rings. The first-order chi connectivity index (χ1) is 13.1. The molecular weight excluding hydrogens is 340 g/mol. The average molecular weight is 364 g/mol. The Hall–Kier alpha value is -2.86. The van der Waals surface area contributed by atoms with Gasteiger partial charge in [-0.05, 0) is 29.8 Å². The van der Waals surface area contributed by atoms with E-state index in [0.717, 1.165) is 28.2 Å². The maximum absolute atomic E-state index is 12.7. The van der Waals surface area contributed by atoms with Gasteiger partial charge >= 0.3 is 0 Å². The molecule has 1 amide bonds. The number of aryl methyl sites for hydroxylation is 1. The van der Waals surface area contributed by atoms with Gasteiger partial charge in [-0.2, -0.15) is 0 Å². The van der Waals surface area contributed by atoms with E-state index in [1.54, 1.807) is 7.11 Å². The SMILES string of the molecule is COc1cccc([C@H]2CN(C(=O)CCc3nc4ccccc4[nH]3)C[C@@H]2N)c1. The molecule has 1 aliphatic heterocycles. The van der Waals surface area contributed by atoms with E-state index in [2.05, 4.69) is 16.0 Å². The summed E-state index contributed by atoms with van der Waals surface area (Å²) in [4.78, 5) is 22.4. The summed E-state index contributed by atoms with van der Waals surface area (Å²) >= 11 is 0. The van der Waals surface area contributed by atoms with Crippen molar-refractivity contribution in [1.29, 1.82) is 0 Å². The number of nitrogens with one attached hydrogen (secondary N) is 1. The zero-order valence-electron chi connectivity index (χ0n) is 15.4. The van der Waals surface area contributed by atoms with Gasteiger partial charge in [0.1, 0.15) is 11.6 Å². The Morgan fingerprint density at radius 1 is 1.26 bits per heavy atom. The number of hydrogen-bond acceptors (Lipinski definition) is 4. The molecule has 1 saturated heterocycles. The quantitative estimate of drug-likeness (QED) is 0.728. The van der Waals surface area contributed by atoms with E-state index >= 15 is 0 Å². The molecule has 6 nitrogen and oxygen atoms in total. The van der Waals surface area contributed by atoms with E-state index in [4.69, 9.17) is 10.5 Å². The van der Waals surface area contributed by atoms with E-state index in [0.29, 0.717) is 25.9 Å². The van der Waals surface area contributed by atoms with E-state index < -0.39 is 0 Å². The van der Waals surface area contributed by atoms with Crippen molar-refractivity contribution in [3.05, 3.63) is 59.9 Å². The molecule has 6 heteroatoms. The second-order valence-corrected chi connectivity index (χ2v) is 7.05. The average Bonchev–Trinajstić information content (AvgIpc) is 3.29. The maximum atomic E-state index is 12.7. The van der Waals surface area contributed by atoms with Crippen molar-refractivity contribution < 1.29 is 9.53 Å². The number of H-pyrrole nitrogens is 1. The normalized spacial score (nSPS) is 19.6. The van der Waals surface area contributed by atoms with Crippen molar-refractivity contribution in [1.82, 2.24) is 14.9 Å². The molecule has 4 rings (SSSR count). The van der Waals surface area contributed by atoms with Crippen molar-refractivity contribution in [2.24, 2.45) is 5.73 Å². The van der Waals surface area contributed by atoms with E-state index in [1.165, 1.54) is 0 Å². The molecule has 2 atom stereocenters. The molecule has 27 heavy (non-hydrogen) atoms. The van der Waals surface area contributed by atoms with Gasteiger partial charge in [0.25, 0.3) is 0 Å². The number of hydrogen-bond donors (Lipinski definition) is 2. The number of rotatable bonds is 5. The van der Waals surface area contributed by atoms with Crippen LogP contribution in [-0.4, -0.2) is 47.0 Å². The molecule has 0 spiro atoms. The van der Waals surface area contributed by atoms with Crippen LogP contribution in [0.4, 0.5) is 0 Å². The minimum Gasteiger partial charge on any atom is -0.497 e. The van der Waals surface area contributed by atoms with Crippen LogP contribution in [0.25, 0.3) is 11.0 Å². The molecule has 140 valence electrons. The fraction of sp³-hybridized carbons (Fsp3) is 0.333. The Bertz CT molecular complexity index is 919. The van der Waals surface area contributed by atoms with Gasteiger partial charge in [-0.15, -0.1) is 0 Å². The third-order valence-corrected chi connectivity index (χ3v) is 5.25. The topological polar surface area (TPSA) is 84.2 Å². The number of likely N-dealkylation sites (tertiary alicyclic amines) is 1.